The number of anilines is 1. The highest BCUT2D eigenvalue weighted by atomic mass is 32.1. The maximum atomic E-state index is 13.7. The van der Waals surface area contributed by atoms with E-state index >= 15 is 0 Å². The summed E-state index contributed by atoms with van der Waals surface area (Å²) < 4.78 is 14.4. The van der Waals surface area contributed by atoms with Gasteiger partial charge >= 0.3 is 0 Å². The van der Waals surface area contributed by atoms with E-state index in [2.05, 4.69) is 10.6 Å². The van der Waals surface area contributed by atoms with Crippen molar-refractivity contribution in [3.8, 4) is 0 Å². The van der Waals surface area contributed by atoms with Gasteiger partial charge in [0.05, 0.1) is 4.88 Å². The van der Waals surface area contributed by atoms with Crippen LogP contribution in [0.4, 0.5) is 10.1 Å². The Balaban J connectivity index is 1.86. The van der Waals surface area contributed by atoms with Gasteiger partial charge in [0.2, 0.25) is 0 Å². The van der Waals surface area contributed by atoms with Gasteiger partial charge in [0.15, 0.2) is 0 Å². The zero-order valence-corrected chi connectivity index (χ0v) is 13.0. The summed E-state index contributed by atoms with van der Waals surface area (Å²) >= 11 is 1.22. The van der Waals surface area contributed by atoms with Gasteiger partial charge in [-0.1, -0.05) is 12.1 Å². The van der Waals surface area contributed by atoms with Crippen LogP contribution in [-0.4, -0.2) is 18.9 Å². The maximum absolute atomic E-state index is 13.7. The molecule has 0 saturated heterocycles. The molecular formula is C17H13FN2O2S. The summed E-state index contributed by atoms with van der Waals surface area (Å²) in [6, 6.07) is 12.9. The zero-order chi connectivity index (χ0) is 16.4. The number of hydrogen-bond donors (Lipinski definition) is 2. The Kier molecular flexibility index (Phi) is 4.08. The van der Waals surface area contributed by atoms with E-state index in [4.69, 9.17) is 0 Å². The van der Waals surface area contributed by atoms with Crippen LogP contribution in [0.3, 0.4) is 0 Å². The predicted octanol–water partition coefficient (Wildman–Crippen LogP) is 3.65. The third-order valence-corrected chi connectivity index (χ3v) is 4.44. The normalized spacial score (nSPS) is 10.5. The summed E-state index contributed by atoms with van der Waals surface area (Å²) in [6.45, 7) is 0. The first kappa shape index (κ1) is 15.2. The molecule has 3 aromatic rings. The van der Waals surface area contributed by atoms with Gasteiger partial charge in [-0.15, -0.1) is 11.3 Å². The van der Waals surface area contributed by atoms with Gasteiger partial charge < -0.3 is 10.6 Å². The monoisotopic (exact) mass is 328 g/mol. The van der Waals surface area contributed by atoms with E-state index in [1.54, 1.807) is 43.4 Å². The molecule has 0 atom stereocenters. The molecule has 0 unspecified atom stereocenters. The highest BCUT2D eigenvalue weighted by molar-refractivity contribution is 7.20. The van der Waals surface area contributed by atoms with Crippen molar-refractivity contribution in [1.29, 1.82) is 0 Å². The first-order valence-electron chi connectivity index (χ1n) is 6.90. The molecule has 3 rings (SSSR count). The molecule has 0 aliphatic rings. The molecule has 4 nitrogen and oxygen atoms in total. The number of rotatable bonds is 3. The fourth-order valence-corrected chi connectivity index (χ4v) is 3.18. The number of amides is 2. The quantitative estimate of drug-likeness (QED) is 0.771. The largest absolute Gasteiger partial charge is 0.355 e. The standard InChI is InChI=1S/C17H13FN2O2S/c1-19-16(21)10-4-2-5-11(8-10)20-17(22)15-9-12-13(18)6-3-7-14(12)23-15/h2-9H,1H3,(H,19,21)(H,20,22). The van der Waals surface area contributed by atoms with Crippen LogP contribution in [-0.2, 0) is 0 Å². The SMILES string of the molecule is CNC(=O)c1cccc(NC(=O)c2cc3c(F)cccc3s2)c1. The van der Waals surface area contributed by atoms with Crippen LogP contribution in [0.15, 0.2) is 48.5 Å². The number of carbonyl (C=O) groups is 2. The number of carbonyl (C=O) groups excluding carboxylic acids is 2. The van der Waals surface area contributed by atoms with Crippen LogP contribution in [0.2, 0.25) is 0 Å². The van der Waals surface area contributed by atoms with E-state index in [0.717, 1.165) is 0 Å². The van der Waals surface area contributed by atoms with Crippen molar-refractivity contribution in [2.24, 2.45) is 0 Å². The molecular weight excluding hydrogens is 315 g/mol. The molecule has 0 bridgehead atoms. The topological polar surface area (TPSA) is 58.2 Å². The van der Waals surface area contributed by atoms with Gasteiger partial charge in [-0.25, -0.2) is 4.39 Å². The number of halogens is 1. The summed E-state index contributed by atoms with van der Waals surface area (Å²) in [5.41, 5.74) is 0.960. The molecule has 0 radical (unpaired) electrons. The Labute approximate surface area is 135 Å². The molecule has 2 aromatic carbocycles. The number of benzene rings is 2. The second kappa shape index (κ2) is 6.18. The molecule has 0 fully saturated rings. The maximum Gasteiger partial charge on any atom is 0.265 e. The molecule has 1 aromatic heterocycles. The molecule has 0 aliphatic carbocycles. The van der Waals surface area contributed by atoms with Crippen LogP contribution < -0.4 is 10.6 Å². The summed E-state index contributed by atoms with van der Waals surface area (Å²) in [5, 5.41) is 5.69. The molecule has 0 saturated carbocycles. The number of nitrogens with one attached hydrogen (secondary N) is 2. The van der Waals surface area contributed by atoms with E-state index in [-0.39, 0.29) is 17.6 Å². The Morgan fingerprint density at radius 2 is 1.83 bits per heavy atom. The van der Waals surface area contributed by atoms with Crippen molar-refractivity contribution in [2.75, 3.05) is 12.4 Å². The molecule has 6 heteroatoms. The third kappa shape index (κ3) is 3.07. The van der Waals surface area contributed by atoms with Crippen molar-refractivity contribution in [2.45, 2.75) is 0 Å². The van der Waals surface area contributed by atoms with Crippen molar-refractivity contribution in [1.82, 2.24) is 5.32 Å². The highest BCUT2D eigenvalue weighted by Gasteiger charge is 2.13. The van der Waals surface area contributed by atoms with Crippen molar-refractivity contribution in [3.63, 3.8) is 0 Å². The Hall–Kier alpha value is -2.73. The van der Waals surface area contributed by atoms with E-state index in [0.29, 0.717) is 26.2 Å². The minimum Gasteiger partial charge on any atom is -0.355 e. The predicted molar refractivity (Wildman–Crippen MR) is 89.6 cm³/mol. The minimum atomic E-state index is -0.348. The lowest BCUT2D eigenvalue weighted by Crippen LogP contribution is -2.18. The fraction of sp³-hybridized carbons (Fsp3) is 0.0588. The highest BCUT2D eigenvalue weighted by Crippen LogP contribution is 2.28. The Bertz CT molecular complexity index is 904. The summed E-state index contributed by atoms with van der Waals surface area (Å²) in [6.07, 6.45) is 0. The average molecular weight is 328 g/mol. The van der Waals surface area contributed by atoms with Gasteiger partial charge in [-0.05, 0) is 36.4 Å². The van der Waals surface area contributed by atoms with Gasteiger partial charge in [-0.2, -0.15) is 0 Å². The van der Waals surface area contributed by atoms with Gasteiger partial charge in [0.1, 0.15) is 5.82 Å². The lowest BCUT2D eigenvalue weighted by Gasteiger charge is -2.05. The lowest BCUT2D eigenvalue weighted by molar-refractivity contribution is 0.0961. The number of hydrogen-bond acceptors (Lipinski definition) is 3. The second-order valence-electron chi connectivity index (χ2n) is 4.88. The fourth-order valence-electron chi connectivity index (χ4n) is 2.21. The molecule has 2 N–H and O–H groups in total. The van der Waals surface area contributed by atoms with E-state index in [1.807, 2.05) is 0 Å². The zero-order valence-electron chi connectivity index (χ0n) is 12.2. The van der Waals surface area contributed by atoms with Crippen LogP contribution in [0, 0.1) is 5.82 Å². The molecule has 116 valence electrons. The molecule has 1 heterocycles. The van der Waals surface area contributed by atoms with E-state index in [9.17, 15) is 14.0 Å². The van der Waals surface area contributed by atoms with E-state index in [1.165, 1.54) is 23.5 Å². The second-order valence-corrected chi connectivity index (χ2v) is 5.96. The van der Waals surface area contributed by atoms with Crippen LogP contribution in [0.1, 0.15) is 20.0 Å². The Morgan fingerprint density at radius 1 is 1.04 bits per heavy atom. The number of thiophene rings is 1. The van der Waals surface area contributed by atoms with Crippen molar-refractivity contribution in [3.05, 3.63) is 64.8 Å². The average Bonchev–Trinajstić information content (AvgIpc) is 3.00. The van der Waals surface area contributed by atoms with Crippen LogP contribution in [0.25, 0.3) is 10.1 Å². The summed E-state index contributed by atoms with van der Waals surface area (Å²) in [5.74, 6) is -0.913. The summed E-state index contributed by atoms with van der Waals surface area (Å²) in [7, 11) is 1.54. The van der Waals surface area contributed by atoms with Crippen molar-refractivity contribution >= 4 is 38.9 Å². The first-order chi connectivity index (χ1) is 11.1. The third-order valence-electron chi connectivity index (χ3n) is 3.34. The lowest BCUT2D eigenvalue weighted by atomic mass is 10.2. The van der Waals surface area contributed by atoms with Crippen LogP contribution in [0.5, 0.6) is 0 Å². The van der Waals surface area contributed by atoms with Crippen LogP contribution >= 0.6 is 11.3 Å². The number of fused-ring (bicyclic) bond motifs is 1. The molecule has 0 spiro atoms. The molecule has 23 heavy (non-hydrogen) atoms. The van der Waals surface area contributed by atoms with Crippen molar-refractivity contribution < 1.29 is 14.0 Å². The smallest absolute Gasteiger partial charge is 0.265 e. The minimum absolute atomic E-state index is 0.231. The molecule has 2 amide bonds. The van der Waals surface area contributed by atoms with Gasteiger partial charge in [-0.3, -0.25) is 9.59 Å². The summed E-state index contributed by atoms with van der Waals surface area (Å²) in [4.78, 5) is 24.3. The Morgan fingerprint density at radius 3 is 2.57 bits per heavy atom. The molecule has 0 aliphatic heterocycles. The van der Waals surface area contributed by atoms with Gasteiger partial charge in [0, 0.05) is 28.4 Å². The first-order valence-corrected chi connectivity index (χ1v) is 7.71. The van der Waals surface area contributed by atoms with Gasteiger partial charge in [0.25, 0.3) is 11.8 Å². The van der Waals surface area contributed by atoms with E-state index < -0.39 is 0 Å².